The van der Waals surface area contributed by atoms with Crippen LogP contribution >= 0.6 is 15.9 Å². The first-order chi connectivity index (χ1) is 7.06. The van der Waals surface area contributed by atoms with E-state index in [1.54, 1.807) is 10.9 Å². The first-order valence-corrected chi connectivity index (χ1v) is 5.19. The van der Waals surface area contributed by atoms with E-state index in [9.17, 15) is 0 Å². The Labute approximate surface area is 95.5 Å². The van der Waals surface area contributed by atoms with Gasteiger partial charge in [-0.2, -0.15) is 0 Å². The lowest BCUT2D eigenvalue weighted by Crippen LogP contribution is -2.02. The molecule has 2 aromatic rings. The van der Waals surface area contributed by atoms with Gasteiger partial charge in [-0.15, -0.1) is 5.10 Å². The van der Waals surface area contributed by atoms with Gasteiger partial charge >= 0.3 is 0 Å². The van der Waals surface area contributed by atoms with Crippen LogP contribution in [0.2, 0.25) is 0 Å². The maximum atomic E-state index is 5.63. The van der Waals surface area contributed by atoms with Crippen LogP contribution in [0.25, 0.3) is 5.82 Å². The second-order valence-corrected chi connectivity index (χ2v) is 4.08. The Morgan fingerprint density at radius 3 is 2.60 bits per heavy atom. The third kappa shape index (κ3) is 1.99. The maximum Gasteiger partial charge on any atom is 0.160 e. The second-order valence-electron chi connectivity index (χ2n) is 3.22. The van der Waals surface area contributed by atoms with Gasteiger partial charge in [0, 0.05) is 18.0 Å². The van der Waals surface area contributed by atoms with Crippen LogP contribution in [0.5, 0.6) is 0 Å². The number of halogens is 1. The van der Waals surface area contributed by atoms with Crippen LogP contribution in [0, 0.1) is 13.8 Å². The highest BCUT2D eigenvalue weighted by molar-refractivity contribution is 9.10. The van der Waals surface area contributed by atoms with Crippen LogP contribution in [-0.4, -0.2) is 19.7 Å². The van der Waals surface area contributed by atoms with Crippen molar-refractivity contribution in [2.24, 2.45) is 0 Å². The highest BCUT2D eigenvalue weighted by Crippen LogP contribution is 2.18. The molecule has 2 aromatic heterocycles. The molecule has 6 heteroatoms. The van der Waals surface area contributed by atoms with E-state index in [1.165, 1.54) is 0 Å². The number of aryl methyl sites for hydroxylation is 2. The first kappa shape index (κ1) is 10.1. The number of nitrogens with two attached hydrogens (primary N) is 1. The smallest absolute Gasteiger partial charge is 0.160 e. The monoisotopic (exact) mass is 267 g/mol. The van der Waals surface area contributed by atoms with Crippen molar-refractivity contribution >= 4 is 21.7 Å². The Kier molecular flexibility index (Phi) is 2.44. The topological polar surface area (TPSA) is 69.6 Å². The van der Waals surface area contributed by atoms with Gasteiger partial charge in [-0.1, -0.05) is 0 Å². The molecule has 0 aliphatic heterocycles. The molecule has 2 heterocycles. The highest BCUT2D eigenvalue weighted by atomic mass is 79.9. The quantitative estimate of drug-likeness (QED) is 0.853. The zero-order chi connectivity index (χ0) is 11.0. The summed E-state index contributed by atoms with van der Waals surface area (Å²) in [6.45, 7) is 3.76. The predicted molar refractivity (Wildman–Crippen MR) is 60.7 cm³/mol. The molecule has 2 rings (SSSR count). The summed E-state index contributed by atoms with van der Waals surface area (Å²) >= 11 is 3.30. The van der Waals surface area contributed by atoms with Gasteiger partial charge in [-0.25, -0.2) is 14.6 Å². The van der Waals surface area contributed by atoms with E-state index in [4.69, 9.17) is 5.73 Å². The fourth-order valence-electron chi connectivity index (χ4n) is 1.30. The standard InChI is InChI=1S/C9H10BrN5/c1-5-3-8(13-6(2)12-5)15-4-7(10)9(11)14-15/h3-4H,1-2H3,(H2,11,14). The molecule has 78 valence electrons. The van der Waals surface area contributed by atoms with Crippen LogP contribution in [0.3, 0.4) is 0 Å². The number of hydrogen-bond acceptors (Lipinski definition) is 4. The molecular weight excluding hydrogens is 258 g/mol. The molecule has 0 saturated carbocycles. The summed E-state index contributed by atoms with van der Waals surface area (Å²) in [4.78, 5) is 8.47. The van der Waals surface area contributed by atoms with Gasteiger partial charge in [-0.05, 0) is 29.8 Å². The van der Waals surface area contributed by atoms with E-state index >= 15 is 0 Å². The van der Waals surface area contributed by atoms with Gasteiger partial charge in [0.2, 0.25) is 0 Å². The third-order valence-electron chi connectivity index (χ3n) is 1.88. The van der Waals surface area contributed by atoms with Crippen molar-refractivity contribution in [1.29, 1.82) is 0 Å². The van der Waals surface area contributed by atoms with E-state index in [-0.39, 0.29) is 0 Å². The van der Waals surface area contributed by atoms with Crippen molar-refractivity contribution in [2.75, 3.05) is 5.73 Å². The SMILES string of the molecule is Cc1cc(-n2cc(Br)c(N)n2)nc(C)n1. The van der Waals surface area contributed by atoms with Gasteiger partial charge in [-0.3, -0.25) is 0 Å². The van der Waals surface area contributed by atoms with Crippen molar-refractivity contribution in [3.63, 3.8) is 0 Å². The summed E-state index contributed by atoms with van der Waals surface area (Å²) in [6, 6.07) is 1.85. The summed E-state index contributed by atoms with van der Waals surface area (Å²) in [6.07, 6.45) is 1.77. The van der Waals surface area contributed by atoms with E-state index in [1.807, 2.05) is 19.9 Å². The van der Waals surface area contributed by atoms with E-state index < -0.39 is 0 Å². The molecular formula is C9H10BrN5. The average molecular weight is 268 g/mol. The fourth-order valence-corrected chi connectivity index (χ4v) is 1.57. The highest BCUT2D eigenvalue weighted by Gasteiger charge is 2.06. The average Bonchev–Trinajstić information content (AvgIpc) is 2.45. The molecule has 0 aliphatic carbocycles. The second kappa shape index (κ2) is 3.62. The van der Waals surface area contributed by atoms with Crippen LogP contribution < -0.4 is 5.73 Å². The van der Waals surface area contributed by atoms with Crippen molar-refractivity contribution in [2.45, 2.75) is 13.8 Å². The van der Waals surface area contributed by atoms with Crippen LogP contribution in [0.15, 0.2) is 16.7 Å². The lowest BCUT2D eigenvalue weighted by atomic mass is 10.4. The van der Waals surface area contributed by atoms with Gasteiger partial charge in [0.05, 0.1) is 4.47 Å². The van der Waals surface area contributed by atoms with Gasteiger partial charge in [0.25, 0.3) is 0 Å². The molecule has 0 spiro atoms. The van der Waals surface area contributed by atoms with E-state index in [2.05, 4.69) is 31.0 Å². The molecule has 0 radical (unpaired) electrons. The third-order valence-corrected chi connectivity index (χ3v) is 2.49. The molecule has 0 atom stereocenters. The molecule has 15 heavy (non-hydrogen) atoms. The molecule has 0 amide bonds. The summed E-state index contributed by atoms with van der Waals surface area (Å²) in [7, 11) is 0. The van der Waals surface area contributed by atoms with Crippen LogP contribution in [0.1, 0.15) is 11.5 Å². The summed E-state index contributed by atoms with van der Waals surface area (Å²) < 4.78 is 2.39. The predicted octanol–water partition coefficient (Wildman–Crippen LogP) is 1.62. The van der Waals surface area contributed by atoms with Gasteiger partial charge in [0.15, 0.2) is 11.6 Å². The first-order valence-electron chi connectivity index (χ1n) is 4.39. The normalized spacial score (nSPS) is 10.6. The Bertz CT molecular complexity index is 465. The van der Waals surface area contributed by atoms with Crippen molar-refractivity contribution < 1.29 is 0 Å². The largest absolute Gasteiger partial charge is 0.381 e. The number of nitrogen functional groups attached to an aromatic ring is 1. The van der Waals surface area contributed by atoms with Crippen LogP contribution in [-0.2, 0) is 0 Å². The van der Waals surface area contributed by atoms with E-state index in [0.29, 0.717) is 5.82 Å². The zero-order valence-corrected chi connectivity index (χ0v) is 9.98. The Hall–Kier alpha value is -1.43. The molecule has 0 bridgehead atoms. The summed E-state index contributed by atoms with van der Waals surface area (Å²) in [5.41, 5.74) is 6.54. The van der Waals surface area contributed by atoms with Gasteiger partial charge in [0.1, 0.15) is 5.82 Å². The Morgan fingerprint density at radius 2 is 2.07 bits per heavy atom. The molecule has 0 aromatic carbocycles. The number of hydrogen-bond donors (Lipinski definition) is 1. The van der Waals surface area contributed by atoms with E-state index in [0.717, 1.165) is 21.8 Å². The Morgan fingerprint density at radius 1 is 1.33 bits per heavy atom. The van der Waals surface area contributed by atoms with Gasteiger partial charge < -0.3 is 5.73 Å². The van der Waals surface area contributed by atoms with Crippen molar-refractivity contribution in [1.82, 2.24) is 19.7 Å². The fraction of sp³-hybridized carbons (Fsp3) is 0.222. The summed E-state index contributed by atoms with van der Waals surface area (Å²) in [5, 5.41) is 4.12. The molecule has 5 nitrogen and oxygen atoms in total. The minimum absolute atomic E-state index is 0.448. The number of rotatable bonds is 1. The maximum absolute atomic E-state index is 5.63. The molecule has 2 N–H and O–H groups in total. The Balaban J connectivity index is 2.53. The number of anilines is 1. The lowest BCUT2D eigenvalue weighted by Gasteiger charge is -2.02. The minimum atomic E-state index is 0.448. The lowest BCUT2D eigenvalue weighted by molar-refractivity contribution is 0.825. The summed E-state index contributed by atoms with van der Waals surface area (Å²) in [5.74, 6) is 1.89. The van der Waals surface area contributed by atoms with Crippen molar-refractivity contribution in [3.8, 4) is 5.82 Å². The number of nitrogens with zero attached hydrogens (tertiary/aromatic N) is 4. The molecule has 0 aliphatic rings. The zero-order valence-electron chi connectivity index (χ0n) is 8.40. The molecule has 0 saturated heterocycles. The molecule has 0 fully saturated rings. The minimum Gasteiger partial charge on any atom is -0.381 e. The molecule has 0 unspecified atom stereocenters. The number of aromatic nitrogens is 4. The van der Waals surface area contributed by atoms with Crippen LogP contribution in [0.4, 0.5) is 5.82 Å². The van der Waals surface area contributed by atoms with Crippen molar-refractivity contribution in [3.05, 3.63) is 28.3 Å².